The molecule has 0 aliphatic heterocycles. The van der Waals surface area contributed by atoms with E-state index in [1.54, 1.807) is 33.2 Å². The summed E-state index contributed by atoms with van der Waals surface area (Å²) in [6.07, 6.45) is -1.75. The number of benzene rings is 1. The SMILES string of the molecule is C[C@H]1c2cccc(O)c2C(=O)C2C[C@@]3(O)C(=O)C(C(N)=O)C(=O)[C@@H](N(C)C)[C@@H]3[C@@H](O)[C@@H]21. The van der Waals surface area contributed by atoms with E-state index in [0.29, 0.717) is 5.56 Å². The lowest BCUT2D eigenvalue weighted by Crippen LogP contribution is -2.74. The molecule has 9 heteroatoms. The molecule has 8 atom stereocenters. The Morgan fingerprint density at radius 2 is 1.87 bits per heavy atom. The lowest BCUT2D eigenvalue weighted by Gasteiger charge is -2.57. The third-order valence-corrected chi connectivity index (χ3v) is 7.48. The maximum atomic E-state index is 13.3. The first-order valence-electron chi connectivity index (χ1n) is 10.2. The van der Waals surface area contributed by atoms with Gasteiger partial charge in [0.25, 0.3) is 0 Å². The first kappa shape index (κ1) is 21.6. The summed E-state index contributed by atoms with van der Waals surface area (Å²) in [5.74, 6) is -8.81. The molecule has 0 spiro atoms. The van der Waals surface area contributed by atoms with Crippen LogP contribution in [0.3, 0.4) is 0 Å². The number of phenols is 1. The zero-order valence-electron chi connectivity index (χ0n) is 17.5. The molecule has 3 aliphatic carbocycles. The van der Waals surface area contributed by atoms with Gasteiger partial charge in [0.05, 0.1) is 17.7 Å². The summed E-state index contributed by atoms with van der Waals surface area (Å²) in [6.45, 7) is 1.80. The first-order valence-corrected chi connectivity index (χ1v) is 10.2. The second-order valence-corrected chi connectivity index (χ2v) is 9.23. The van der Waals surface area contributed by atoms with Crippen LogP contribution in [0.15, 0.2) is 18.2 Å². The highest BCUT2D eigenvalue weighted by molar-refractivity contribution is 6.24. The average Bonchev–Trinajstić information content (AvgIpc) is 2.67. The molecule has 1 aromatic rings. The Hall–Kier alpha value is -2.62. The fourth-order valence-corrected chi connectivity index (χ4v) is 6.16. The number of amides is 1. The fraction of sp³-hybridized carbons (Fsp3) is 0.545. The minimum absolute atomic E-state index is 0.112. The number of aliphatic hydroxyl groups is 2. The number of hydrogen-bond acceptors (Lipinski definition) is 8. The number of nitrogens with zero attached hydrogens (tertiary/aromatic N) is 1. The van der Waals surface area contributed by atoms with Crippen LogP contribution in [-0.2, 0) is 14.4 Å². The predicted octanol–water partition coefficient (Wildman–Crippen LogP) is -0.780. The van der Waals surface area contributed by atoms with Gasteiger partial charge in [0, 0.05) is 17.8 Å². The van der Waals surface area contributed by atoms with Crippen LogP contribution in [0.25, 0.3) is 0 Å². The monoisotopic (exact) mass is 430 g/mol. The van der Waals surface area contributed by atoms with Gasteiger partial charge in [0.1, 0.15) is 11.4 Å². The fourth-order valence-electron chi connectivity index (χ4n) is 6.16. The molecule has 31 heavy (non-hydrogen) atoms. The van der Waals surface area contributed by atoms with Crippen LogP contribution >= 0.6 is 0 Å². The van der Waals surface area contributed by atoms with E-state index in [4.69, 9.17) is 5.73 Å². The highest BCUT2D eigenvalue weighted by Crippen LogP contribution is 2.55. The molecule has 0 aromatic heterocycles. The van der Waals surface area contributed by atoms with Crippen molar-refractivity contribution in [2.75, 3.05) is 14.1 Å². The maximum Gasteiger partial charge on any atom is 0.235 e. The van der Waals surface area contributed by atoms with Crippen LogP contribution in [0, 0.1) is 23.7 Å². The molecular weight excluding hydrogens is 404 g/mol. The number of likely N-dealkylation sites (N-methyl/N-ethyl adjacent to an activating group) is 1. The molecule has 0 bridgehead atoms. The molecule has 0 radical (unpaired) electrons. The van der Waals surface area contributed by atoms with Crippen molar-refractivity contribution in [1.82, 2.24) is 4.90 Å². The Balaban J connectivity index is 1.89. The van der Waals surface area contributed by atoms with Crippen LogP contribution in [0.2, 0.25) is 0 Å². The van der Waals surface area contributed by atoms with Crippen LogP contribution in [0.1, 0.15) is 35.2 Å². The lowest BCUT2D eigenvalue weighted by atomic mass is 9.50. The average molecular weight is 430 g/mol. The quantitative estimate of drug-likeness (QED) is 0.445. The minimum atomic E-state index is -2.29. The van der Waals surface area contributed by atoms with E-state index >= 15 is 0 Å². The van der Waals surface area contributed by atoms with E-state index < -0.39 is 64.7 Å². The van der Waals surface area contributed by atoms with Gasteiger partial charge >= 0.3 is 0 Å². The minimum Gasteiger partial charge on any atom is -0.507 e. The normalized spacial score (nSPS) is 39.7. The van der Waals surface area contributed by atoms with Gasteiger partial charge < -0.3 is 21.1 Å². The molecule has 4 rings (SSSR count). The molecule has 5 N–H and O–H groups in total. The number of aliphatic hydroxyl groups excluding tert-OH is 1. The van der Waals surface area contributed by atoms with Crippen molar-refractivity contribution >= 4 is 23.3 Å². The number of hydrogen-bond donors (Lipinski definition) is 4. The topological polar surface area (TPSA) is 158 Å². The van der Waals surface area contributed by atoms with Gasteiger partial charge in [-0.05, 0) is 38.1 Å². The van der Waals surface area contributed by atoms with Crippen molar-refractivity contribution < 1.29 is 34.5 Å². The van der Waals surface area contributed by atoms with E-state index in [9.17, 15) is 34.5 Å². The van der Waals surface area contributed by atoms with Gasteiger partial charge in [-0.1, -0.05) is 19.1 Å². The second kappa shape index (κ2) is 6.94. The highest BCUT2D eigenvalue weighted by atomic mass is 16.3. The second-order valence-electron chi connectivity index (χ2n) is 9.23. The number of Topliss-reactive ketones (excluding diaryl/α,β-unsaturated/α-hetero) is 3. The molecule has 2 saturated carbocycles. The Labute approximate surface area is 178 Å². The number of carbonyl (C=O) groups excluding carboxylic acids is 4. The van der Waals surface area contributed by atoms with Crippen molar-refractivity contribution in [1.29, 1.82) is 0 Å². The number of phenolic OH excluding ortho intramolecular Hbond substituents is 1. The van der Waals surface area contributed by atoms with Gasteiger partial charge in [-0.3, -0.25) is 24.1 Å². The maximum absolute atomic E-state index is 13.3. The van der Waals surface area contributed by atoms with Crippen molar-refractivity contribution in [3.8, 4) is 5.75 Å². The smallest absolute Gasteiger partial charge is 0.235 e. The molecule has 2 unspecified atom stereocenters. The van der Waals surface area contributed by atoms with Crippen LogP contribution < -0.4 is 5.73 Å². The summed E-state index contributed by atoms with van der Waals surface area (Å²) in [5, 5.41) is 33.2. The number of rotatable bonds is 2. The highest BCUT2D eigenvalue weighted by Gasteiger charge is 2.68. The van der Waals surface area contributed by atoms with E-state index in [0.717, 1.165) is 0 Å². The first-order chi connectivity index (χ1) is 14.4. The Morgan fingerprint density at radius 3 is 2.45 bits per heavy atom. The molecule has 1 amide bonds. The molecule has 166 valence electrons. The van der Waals surface area contributed by atoms with E-state index in [1.807, 2.05) is 0 Å². The van der Waals surface area contributed by atoms with Gasteiger partial charge in [-0.25, -0.2) is 0 Å². The van der Waals surface area contributed by atoms with Gasteiger partial charge in [0.2, 0.25) is 5.91 Å². The number of carbonyl (C=O) groups is 4. The zero-order chi connectivity index (χ0) is 23.0. The Kier molecular flexibility index (Phi) is 4.84. The number of ketones is 3. The van der Waals surface area contributed by atoms with Gasteiger partial charge in [0.15, 0.2) is 23.3 Å². The number of fused-ring (bicyclic) bond motifs is 3. The largest absolute Gasteiger partial charge is 0.507 e. The Morgan fingerprint density at radius 1 is 1.23 bits per heavy atom. The van der Waals surface area contributed by atoms with Crippen molar-refractivity contribution in [2.45, 2.75) is 37.0 Å². The third-order valence-electron chi connectivity index (χ3n) is 7.48. The molecule has 0 saturated heterocycles. The summed E-state index contributed by atoms with van der Waals surface area (Å²) in [6, 6.07) is 3.56. The van der Waals surface area contributed by atoms with E-state index in [1.165, 1.54) is 11.0 Å². The van der Waals surface area contributed by atoms with Crippen molar-refractivity contribution in [3.63, 3.8) is 0 Å². The summed E-state index contributed by atoms with van der Waals surface area (Å²) in [7, 11) is 3.11. The molecule has 0 heterocycles. The molecule has 3 aliphatic rings. The van der Waals surface area contributed by atoms with Crippen LogP contribution in [-0.4, -0.2) is 75.3 Å². The van der Waals surface area contributed by atoms with Crippen LogP contribution in [0.4, 0.5) is 0 Å². The van der Waals surface area contributed by atoms with Crippen molar-refractivity contribution in [3.05, 3.63) is 29.3 Å². The summed E-state index contributed by atoms with van der Waals surface area (Å²) >= 11 is 0. The standard InChI is InChI=1S/C22H26N2O7/c1-8-9-5-4-6-11(25)13(9)17(26)10-7-22(31)15(18(27)12(8)10)16(24(2)3)19(28)14(20(22)29)21(23)30/h4-6,8,10,12,14-16,18,25,27,31H,7H2,1-3H3,(H2,23,30)/t8-,10?,12+,14?,15+,16-,18-,22-/m0/s1. The number of aromatic hydroxyl groups is 1. The van der Waals surface area contributed by atoms with Gasteiger partial charge in [-0.15, -0.1) is 0 Å². The van der Waals surface area contributed by atoms with E-state index in [-0.39, 0.29) is 23.7 Å². The molecular formula is C22H26N2O7. The summed E-state index contributed by atoms with van der Waals surface area (Å²) in [5.41, 5.74) is 3.71. The number of nitrogens with two attached hydrogens (primary N) is 1. The summed E-state index contributed by atoms with van der Waals surface area (Å²) < 4.78 is 0. The predicted molar refractivity (Wildman–Crippen MR) is 107 cm³/mol. The van der Waals surface area contributed by atoms with E-state index in [2.05, 4.69) is 0 Å². The van der Waals surface area contributed by atoms with Crippen molar-refractivity contribution in [2.24, 2.45) is 29.4 Å². The molecule has 2 fully saturated rings. The number of primary amides is 1. The third kappa shape index (κ3) is 2.73. The zero-order valence-corrected chi connectivity index (χ0v) is 17.5. The van der Waals surface area contributed by atoms with Gasteiger partial charge in [-0.2, -0.15) is 0 Å². The molecule has 9 nitrogen and oxygen atoms in total. The Bertz CT molecular complexity index is 1010. The van der Waals surface area contributed by atoms with Crippen LogP contribution in [0.5, 0.6) is 5.75 Å². The lowest BCUT2D eigenvalue weighted by molar-refractivity contribution is -0.196. The molecule has 1 aromatic carbocycles. The summed E-state index contributed by atoms with van der Waals surface area (Å²) in [4.78, 5) is 52.9.